The van der Waals surface area contributed by atoms with E-state index in [1.54, 1.807) is 13.3 Å². The molecule has 0 unspecified atom stereocenters. The second kappa shape index (κ2) is 7.22. The Hall–Kier alpha value is -1.64. The molecular formula is C15H21N3O2. The first-order valence-corrected chi connectivity index (χ1v) is 6.92. The Labute approximate surface area is 119 Å². The highest BCUT2D eigenvalue weighted by molar-refractivity contribution is 5.20. The molecule has 5 nitrogen and oxygen atoms in total. The zero-order chi connectivity index (χ0) is 14.3. The number of nitriles is 1. The Balaban J connectivity index is 1.73. The maximum absolute atomic E-state index is 8.76. The van der Waals surface area contributed by atoms with Crippen LogP contribution < -0.4 is 10.1 Å². The molecule has 0 aromatic carbocycles. The number of ether oxygens (including phenoxy) is 2. The van der Waals surface area contributed by atoms with Crippen molar-refractivity contribution in [3.63, 3.8) is 0 Å². The number of hydrogen-bond donors (Lipinski definition) is 1. The van der Waals surface area contributed by atoms with E-state index < -0.39 is 0 Å². The highest BCUT2D eigenvalue weighted by atomic mass is 16.5. The van der Waals surface area contributed by atoms with E-state index >= 15 is 0 Å². The number of aromatic nitrogens is 1. The fraction of sp³-hybridized carbons (Fsp3) is 0.600. The van der Waals surface area contributed by atoms with Crippen molar-refractivity contribution < 1.29 is 9.47 Å². The van der Waals surface area contributed by atoms with Crippen LogP contribution in [0.3, 0.4) is 0 Å². The highest BCUT2D eigenvalue weighted by Gasteiger charge is 2.43. The second-order valence-electron chi connectivity index (χ2n) is 5.28. The fourth-order valence-electron chi connectivity index (χ4n) is 1.94. The number of nitrogens with one attached hydrogen (secondary N) is 1. The Morgan fingerprint density at radius 1 is 1.45 bits per heavy atom. The number of nitrogens with zero attached hydrogens (tertiary/aromatic N) is 2. The van der Waals surface area contributed by atoms with Crippen molar-refractivity contribution in [3.8, 4) is 11.8 Å². The zero-order valence-electron chi connectivity index (χ0n) is 11.9. The molecule has 0 atom stereocenters. The van der Waals surface area contributed by atoms with Gasteiger partial charge in [-0.05, 0) is 25.0 Å². The van der Waals surface area contributed by atoms with Gasteiger partial charge in [0.2, 0.25) is 0 Å². The summed E-state index contributed by atoms with van der Waals surface area (Å²) in [5.41, 5.74) is 1.08. The third-order valence-corrected chi connectivity index (χ3v) is 3.54. The minimum Gasteiger partial charge on any atom is -0.491 e. The molecule has 1 aliphatic carbocycles. The Morgan fingerprint density at radius 2 is 2.30 bits per heavy atom. The molecule has 20 heavy (non-hydrogen) atoms. The molecule has 1 fully saturated rings. The van der Waals surface area contributed by atoms with Gasteiger partial charge in [0.15, 0.2) is 0 Å². The first kappa shape index (κ1) is 14.8. The lowest BCUT2D eigenvalue weighted by Gasteiger charge is -2.12. The van der Waals surface area contributed by atoms with Crippen LogP contribution in [0.4, 0.5) is 0 Å². The Bertz CT molecular complexity index is 449. The molecular weight excluding hydrogens is 254 g/mol. The van der Waals surface area contributed by atoms with Crippen LogP contribution in [0, 0.1) is 16.7 Å². The maximum Gasteiger partial charge on any atom is 0.137 e. The lowest BCUT2D eigenvalue weighted by Crippen LogP contribution is -2.19. The topological polar surface area (TPSA) is 67.2 Å². The summed E-state index contributed by atoms with van der Waals surface area (Å²) in [6.45, 7) is 2.85. The molecule has 0 amide bonds. The van der Waals surface area contributed by atoms with E-state index in [-0.39, 0.29) is 5.41 Å². The standard InChI is InChI=1S/C15H21N3O2/c1-19-9-8-17-10-13-2-3-14(11-18-13)20-12-15(4-5-15)6-7-16/h2-3,11,17H,4-6,8-10,12H2,1H3. The van der Waals surface area contributed by atoms with E-state index in [0.717, 1.165) is 37.4 Å². The van der Waals surface area contributed by atoms with Gasteiger partial charge in [-0.2, -0.15) is 5.26 Å². The predicted molar refractivity (Wildman–Crippen MR) is 75.2 cm³/mol. The van der Waals surface area contributed by atoms with Gasteiger partial charge in [-0.25, -0.2) is 0 Å². The third-order valence-electron chi connectivity index (χ3n) is 3.54. The molecule has 1 saturated carbocycles. The monoisotopic (exact) mass is 275 g/mol. The van der Waals surface area contributed by atoms with Crippen LogP contribution in [0.25, 0.3) is 0 Å². The van der Waals surface area contributed by atoms with E-state index in [1.165, 1.54) is 0 Å². The van der Waals surface area contributed by atoms with Gasteiger partial charge >= 0.3 is 0 Å². The van der Waals surface area contributed by atoms with Crippen LogP contribution in [0.5, 0.6) is 5.75 Å². The molecule has 1 aliphatic rings. The molecule has 0 aliphatic heterocycles. The molecule has 1 aromatic rings. The summed E-state index contributed by atoms with van der Waals surface area (Å²) < 4.78 is 10.7. The highest BCUT2D eigenvalue weighted by Crippen LogP contribution is 2.48. The lowest BCUT2D eigenvalue weighted by molar-refractivity contribution is 0.199. The first-order valence-electron chi connectivity index (χ1n) is 6.92. The van der Waals surface area contributed by atoms with Gasteiger partial charge in [-0.15, -0.1) is 0 Å². The Morgan fingerprint density at radius 3 is 2.90 bits per heavy atom. The van der Waals surface area contributed by atoms with Crippen molar-refractivity contribution in [3.05, 3.63) is 24.0 Å². The normalized spacial score (nSPS) is 15.6. The summed E-state index contributed by atoms with van der Waals surface area (Å²) in [5, 5.41) is 12.0. The lowest BCUT2D eigenvalue weighted by atomic mass is 10.1. The van der Waals surface area contributed by atoms with E-state index in [2.05, 4.69) is 16.4 Å². The summed E-state index contributed by atoms with van der Waals surface area (Å²) in [7, 11) is 1.69. The van der Waals surface area contributed by atoms with Gasteiger partial charge in [-0.1, -0.05) is 0 Å². The fourth-order valence-corrected chi connectivity index (χ4v) is 1.94. The molecule has 108 valence electrons. The molecule has 1 N–H and O–H groups in total. The predicted octanol–water partition coefficient (Wildman–Crippen LogP) is 1.89. The van der Waals surface area contributed by atoms with Crippen LogP contribution in [-0.4, -0.2) is 31.9 Å². The van der Waals surface area contributed by atoms with Crippen molar-refractivity contribution in [1.29, 1.82) is 5.26 Å². The molecule has 1 heterocycles. The van der Waals surface area contributed by atoms with Gasteiger partial charge in [0, 0.05) is 32.0 Å². The third kappa shape index (κ3) is 4.48. The quantitative estimate of drug-likeness (QED) is 0.697. The maximum atomic E-state index is 8.76. The van der Waals surface area contributed by atoms with Crippen LogP contribution in [0.2, 0.25) is 0 Å². The molecule has 0 saturated heterocycles. The van der Waals surface area contributed by atoms with Gasteiger partial charge < -0.3 is 14.8 Å². The number of pyridine rings is 1. The van der Waals surface area contributed by atoms with Crippen LogP contribution >= 0.6 is 0 Å². The first-order chi connectivity index (χ1) is 9.78. The van der Waals surface area contributed by atoms with Crippen molar-refractivity contribution in [2.75, 3.05) is 26.9 Å². The SMILES string of the molecule is COCCNCc1ccc(OCC2(CC#N)CC2)cn1. The summed E-state index contributed by atoms with van der Waals surface area (Å²) in [6, 6.07) is 6.13. The summed E-state index contributed by atoms with van der Waals surface area (Å²) in [4.78, 5) is 4.35. The molecule has 0 bridgehead atoms. The van der Waals surface area contributed by atoms with Gasteiger partial charge in [0.25, 0.3) is 0 Å². The van der Waals surface area contributed by atoms with Crippen LogP contribution in [0.1, 0.15) is 25.0 Å². The molecule has 0 radical (unpaired) electrons. The minimum absolute atomic E-state index is 0.106. The van der Waals surface area contributed by atoms with Gasteiger partial charge in [-0.3, -0.25) is 4.98 Å². The number of methoxy groups -OCH3 is 1. The van der Waals surface area contributed by atoms with E-state index in [0.29, 0.717) is 19.6 Å². The second-order valence-corrected chi connectivity index (χ2v) is 5.28. The minimum atomic E-state index is 0.106. The summed E-state index contributed by atoms with van der Waals surface area (Å²) in [5.74, 6) is 0.773. The largest absolute Gasteiger partial charge is 0.491 e. The van der Waals surface area contributed by atoms with E-state index in [4.69, 9.17) is 14.7 Å². The summed E-state index contributed by atoms with van der Waals surface area (Å²) >= 11 is 0. The smallest absolute Gasteiger partial charge is 0.137 e. The van der Waals surface area contributed by atoms with Crippen molar-refractivity contribution in [1.82, 2.24) is 10.3 Å². The number of rotatable bonds is 9. The molecule has 2 rings (SSSR count). The van der Waals surface area contributed by atoms with E-state index in [9.17, 15) is 0 Å². The molecule has 1 aromatic heterocycles. The van der Waals surface area contributed by atoms with Gasteiger partial charge in [0.1, 0.15) is 5.75 Å². The molecule has 0 spiro atoms. The number of hydrogen-bond acceptors (Lipinski definition) is 5. The average molecular weight is 275 g/mol. The van der Waals surface area contributed by atoms with Crippen LogP contribution in [-0.2, 0) is 11.3 Å². The molecule has 5 heteroatoms. The van der Waals surface area contributed by atoms with E-state index in [1.807, 2.05) is 12.1 Å². The average Bonchev–Trinajstić information content (AvgIpc) is 3.23. The van der Waals surface area contributed by atoms with Crippen molar-refractivity contribution >= 4 is 0 Å². The summed E-state index contributed by atoms with van der Waals surface area (Å²) in [6.07, 6.45) is 4.52. The van der Waals surface area contributed by atoms with Crippen LogP contribution in [0.15, 0.2) is 18.3 Å². The zero-order valence-corrected chi connectivity index (χ0v) is 11.9. The Kier molecular flexibility index (Phi) is 5.33. The van der Waals surface area contributed by atoms with Crippen molar-refractivity contribution in [2.45, 2.75) is 25.8 Å². The van der Waals surface area contributed by atoms with Crippen molar-refractivity contribution in [2.24, 2.45) is 5.41 Å². The van der Waals surface area contributed by atoms with Gasteiger partial charge in [0.05, 0.1) is 31.2 Å².